The van der Waals surface area contributed by atoms with Gasteiger partial charge in [-0.05, 0) is 13.3 Å². The van der Waals surface area contributed by atoms with E-state index in [9.17, 15) is 14.4 Å². The molecule has 2 fully saturated rings. The lowest BCUT2D eigenvalue weighted by atomic mass is 10.1. The first-order chi connectivity index (χ1) is 19.0. The van der Waals surface area contributed by atoms with Crippen LogP contribution in [0.15, 0.2) is 36.4 Å². The maximum atomic E-state index is 13.4. The van der Waals surface area contributed by atoms with Crippen LogP contribution in [-0.4, -0.2) is 95.8 Å². The Morgan fingerprint density at radius 2 is 1.90 bits per heavy atom. The predicted octanol–water partition coefficient (Wildman–Crippen LogP) is 2.01. The summed E-state index contributed by atoms with van der Waals surface area (Å²) in [6.07, 6.45) is 0.324. The van der Waals surface area contributed by atoms with Gasteiger partial charge in [-0.15, -0.1) is 0 Å². The molecule has 2 atom stereocenters. The number of benzene rings is 1. The number of hydrogen-bond acceptors (Lipinski definition) is 9. The van der Waals surface area contributed by atoms with Crippen LogP contribution < -0.4 is 10.1 Å². The van der Waals surface area contributed by atoms with Gasteiger partial charge in [-0.1, -0.05) is 30.3 Å². The molecule has 1 aromatic carbocycles. The van der Waals surface area contributed by atoms with Crippen molar-refractivity contribution in [1.82, 2.24) is 25.1 Å². The van der Waals surface area contributed by atoms with Crippen LogP contribution in [0.1, 0.15) is 36.7 Å². The molecule has 2 saturated heterocycles. The summed E-state index contributed by atoms with van der Waals surface area (Å²) < 4.78 is 16.4. The quantitative estimate of drug-likeness (QED) is 0.508. The average molecular weight is 537 g/mol. The highest BCUT2D eigenvalue weighted by Crippen LogP contribution is 2.22. The van der Waals surface area contributed by atoms with Crippen LogP contribution in [0.25, 0.3) is 11.4 Å². The largest absolute Gasteiger partial charge is 0.472 e. The van der Waals surface area contributed by atoms with E-state index in [0.29, 0.717) is 57.2 Å². The molecule has 12 nitrogen and oxygen atoms in total. The summed E-state index contributed by atoms with van der Waals surface area (Å²) in [6.45, 7) is 4.26. The van der Waals surface area contributed by atoms with Crippen LogP contribution in [0.3, 0.4) is 0 Å². The maximum absolute atomic E-state index is 13.4. The molecule has 2 aliphatic heterocycles. The lowest BCUT2D eigenvalue weighted by Crippen LogP contribution is -2.56. The fraction of sp³-hybridized carbons (Fsp3) is 0.481. The summed E-state index contributed by atoms with van der Waals surface area (Å²) in [5.74, 6) is -0.353. The molecule has 206 valence electrons. The summed E-state index contributed by atoms with van der Waals surface area (Å²) in [4.78, 5) is 50.8. The zero-order valence-corrected chi connectivity index (χ0v) is 21.9. The highest BCUT2D eigenvalue weighted by molar-refractivity contribution is 5.96. The first kappa shape index (κ1) is 27.8. The first-order valence-electron chi connectivity index (χ1n) is 13.1. The Morgan fingerprint density at radius 1 is 1.15 bits per heavy atom. The Labute approximate surface area is 226 Å². The zero-order valence-electron chi connectivity index (χ0n) is 21.9. The van der Waals surface area contributed by atoms with Crippen molar-refractivity contribution in [3.63, 3.8) is 0 Å². The average Bonchev–Trinajstić information content (AvgIpc) is 3.48. The zero-order chi connectivity index (χ0) is 27.6. The van der Waals surface area contributed by atoms with Gasteiger partial charge in [-0.3, -0.25) is 9.59 Å². The molecular weight excluding hydrogens is 504 g/mol. The van der Waals surface area contributed by atoms with E-state index < -0.39 is 18.0 Å². The van der Waals surface area contributed by atoms with Crippen LogP contribution in [0.2, 0.25) is 0 Å². The van der Waals surface area contributed by atoms with Gasteiger partial charge in [0.2, 0.25) is 11.8 Å². The molecule has 1 unspecified atom stereocenters. The fourth-order valence-electron chi connectivity index (χ4n) is 4.34. The van der Waals surface area contributed by atoms with Crippen molar-refractivity contribution in [2.24, 2.45) is 0 Å². The van der Waals surface area contributed by atoms with Gasteiger partial charge in [0.05, 0.1) is 25.9 Å². The number of piperazine rings is 1. The molecule has 3 amide bonds. The van der Waals surface area contributed by atoms with Crippen molar-refractivity contribution >= 4 is 17.9 Å². The number of nitrogens with zero attached hydrogens (tertiary/aromatic N) is 5. The third-order valence-electron chi connectivity index (χ3n) is 6.41. The molecule has 3 heterocycles. The second-order valence-electron chi connectivity index (χ2n) is 9.12. The minimum absolute atomic E-state index is 0.0413. The number of carbonyl (C=O) groups is 3. The number of aromatic nitrogens is 2. The summed E-state index contributed by atoms with van der Waals surface area (Å²) in [5.41, 5.74) is 0.746. The summed E-state index contributed by atoms with van der Waals surface area (Å²) in [6, 6.07) is 11.8. The normalized spacial score (nSPS) is 17.7. The molecule has 1 aromatic heterocycles. The predicted molar refractivity (Wildman–Crippen MR) is 139 cm³/mol. The van der Waals surface area contributed by atoms with Gasteiger partial charge >= 0.3 is 6.09 Å². The van der Waals surface area contributed by atoms with E-state index in [1.54, 1.807) is 16.7 Å². The summed E-state index contributed by atoms with van der Waals surface area (Å²) in [5, 5.41) is 11.9. The highest BCUT2D eigenvalue weighted by atomic mass is 16.6. The van der Waals surface area contributed by atoms with Crippen LogP contribution in [0.5, 0.6) is 5.88 Å². The van der Waals surface area contributed by atoms with Crippen molar-refractivity contribution in [1.29, 1.82) is 5.26 Å². The number of carbonyl (C=O) groups excluding carboxylic acids is 3. The van der Waals surface area contributed by atoms with Crippen molar-refractivity contribution in [3.05, 3.63) is 42.1 Å². The monoisotopic (exact) mass is 536 g/mol. The van der Waals surface area contributed by atoms with E-state index in [0.717, 1.165) is 0 Å². The van der Waals surface area contributed by atoms with Crippen LogP contribution in [-0.2, 0) is 14.3 Å². The van der Waals surface area contributed by atoms with E-state index in [1.807, 2.05) is 36.4 Å². The summed E-state index contributed by atoms with van der Waals surface area (Å²) >= 11 is 0. The summed E-state index contributed by atoms with van der Waals surface area (Å²) in [7, 11) is 0. The number of ether oxygens (including phenoxy) is 3. The molecule has 0 saturated carbocycles. The first-order valence-corrected chi connectivity index (χ1v) is 13.1. The third kappa shape index (κ3) is 7.42. The van der Waals surface area contributed by atoms with Gasteiger partial charge in [0, 0.05) is 50.7 Å². The van der Waals surface area contributed by atoms with Gasteiger partial charge in [0.25, 0.3) is 5.91 Å². The molecule has 39 heavy (non-hydrogen) atoms. The van der Waals surface area contributed by atoms with Gasteiger partial charge in [-0.25, -0.2) is 9.78 Å². The Kier molecular flexibility index (Phi) is 9.64. The molecular formula is C27H32N6O6. The number of hydrogen-bond donors (Lipinski definition) is 1. The number of nitriles is 1. The molecule has 4 rings (SSSR count). The van der Waals surface area contributed by atoms with E-state index in [1.165, 1.54) is 6.07 Å². The fourth-order valence-corrected chi connectivity index (χ4v) is 4.34. The molecule has 0 aliphatic carbocycles. The lowest BCUT2D eigenvalue weighted by Gasteiger charge is -2.35. The van der Waals surface area contributed by atoms with E-state index in [4.69, 9.17) is 19.5 Å². The van der Waals surface area contributed by atoms with E-state index in [2.05, 4.69) is 15.3 Å². The third-order valence-corrected chi connectivity index (χ3v) is 6.41. The number of rotatable bonds is 9. The minimum Gasteiger partial charge on any atom is -0.472 e. The molecule has 0 spiro atoms. The van der Waals surface area contributed by atoms with E-state index >= 15 is 0 Å². The van der Waals surface area contributed by atoms with Crippen LogP contribution in [0.4, 0.5) is 4.79 Å². The van der Waals surface area contributed by atoms with Gasteiger partial charge in [-0.2, -0.15) is 10.2 Å². The molecule has 12 heteroatoms. The smallest absolute Gasteiger partial charge is 0.409 e. The SMILES string of the molecule is CCOC(=O)N1CCN(C(=O)[C@H](CCC#N)NC(=O)c2cc(OC3CCOC3)nc(-c3ccccc3)n2)CC1. The van der Waals surface area contributed by atoms with Gasteiger partial charge < -0.3 is 29.3 Å². The van der Waals surface area contributed by atoms with Crippen molar-refractivity contribution in [3.8, 4) is 23.3 Å². The topological polar surface area (TPSA) is 147 Å². The second-order valence-corrected chi connectivity index (χ2v) is 9.12. The van der Waals surface area contributed by atoms with Crippen molar-refractivity contribution in [2.45, 2.75) is 38.3 Å². The Bertz CT molecular complexity index is 1190. The Morgan fingerprint density at radius 3 is 2.56 bits per heavy atom. The van der Waals surface area contributed by atoms with E-state index in [-0.39, 0.29) is 43.0 Å². The van der Waals surface area contributed by atoms with Gasteiger partial charge in [0.1, 0.15) is 17.8 Å². The number of nitrogens with one attached hydrogen (secondary N) is 1. The lowest BCUT2D eigenvalue weighted by molar-refractivity contribution is -0.135. The van der Waals surface area contributed by atoms with Gasteiger partial charge in [0.15, 0.2) is 5.82 Å². The Hall–Kier alpha value is -4.24. The maximum Gasteiger partial charge on any atom is 0.409 e. The molecule has 1 N–H and O–H groups in total. The minimum atomic E-state index is -0.936. The van der Waals surface area contributed by atoms with Crippen molar-refractivity contribution < 1.29 is 28.6 Å². The molecule has 0 radical (unpaired) electrons. The van der Waals surface area contributed by atoms with Crippen LogP contribution in [0, 0.1) is 11.3 Å². The molecule has 0 bridgehead atoms. The highest BCUT2D eigenvalue weighted by Gasteiger charge is 2.31. The molecule has 2 aliphatic rings. The Balaban J connectivity index is 1.50. The van der Waals surface area contributed by atoms with Crippen molar-refractivity contribution in [2.75, 3.05) is 46.0 Å². The standard InChI is InChI=1S/C27H32N6O6/c1-2-38-27(36)33-14-12-32(13-15-33)26(35)21(9-6-11-28)30-25(34)22-17-23(39-20-10-16-37-18-20)31-24(29-22)19-7-4-3-5-8-19/h3-5,7-8,17,20-21H,2,6,9-10,12-16,18H2,1H3,(H,30,34)/t20?,21-/m0/s1. The second kappa shape index (κ2) is 13.5. The van der Waals surface area contributed by atoms with Crippen LogP contribution >= 0.6 is 0 Å². The number of amides is 3. The molecule has 2 aromatic rings.